The van der Waals surface area contributed by atoms with E-state index in [9.17, 15) is 4.79 Å². The molecule has 1 saturated heterocycles. The topological polar surface area (TPSA) is 85.2 Å². The van der Waals surface area contributed by atoms with Crippen molar-refractivity contribution >= 4 is 11.7 Å². The van der Waals surface area contributed by atoms with Crippen molar-refractivity contribution in [2.24, 2.45) is 5.92 Å². The number of nitrogens with one attached hydrogen (secondary N) is 1. The third-order valence-corrected chi connectivity index (χ3v) is 5.13. The first-order chi connectivity index (χ1) is 12.2. The highest BCUT2D eigenvalue weighted by Crippen LogP contribution is 2.23. The Balaban J connectivity index is 1.46. The zero-order chi connectivity index (χ0) is 17.6. The predicted molar refractivity (Wildman–Crippen MR) is 95.0 cm³/mol. The molecule has 7 heteroatoms. The Morgan fingerprint density at radius 3 is 2.76 bits per heavy atom. The lowest BCUT2D eigenvalue weighted by molar-refractivity contribution is -0.123. The molecule has 1 aliphatic heterocycles. The summed E-state index contributed by atoms with van der Waals surface area (Å²) in [5, 5.41) is 12.3. The van der Waals surface area contributed by atoms with Gasteiger partial charge in [-0.2, -0.15) is 5.26 Å². The van der Waals surface area contributed by atoms with Crippen molar-refractivity contribution in [2.45, 2.75) is 38.6 Å². The second kappa shape index (κ2) is 8.26. The normalized spacial score (nSPS) is 24.6. The van der Waals surface area contributed by atoms with Crippen LogP contribution in [-0.2, 0) is 4.79 Å². The first-order valence-corrected chi connectivity index (χ1v) is 9.13. The standard InChI is InChI=1S/C18H26N6O/c1-14-3-2-4-15(11-14)22-17(25)13-23-7-9-24(10-8-23)18-16(12-19)20-5-6-21-18/h5-6,14-15H,2-4,7-11,13H2,1H3,(H,22,25). The summed E-state index contributed by atoms with van der Waals surface area (Å²) < 4.78 is 0. The summed E-state index contributed by atoms with van der Waals surface area (Å²) in [6, 6.07) is 2.44. The summed E-state index contributed by atoms with van der Waals surface area (Å²) in [7, 11) is 0. The summed E-state index contributed by atoms with van der Waals surface area (Å²) in [5.74, 6) is 1.49. The highest BCUT2D eigenvalue weighted by molar-refractivity contribution is 5.78. The molecule has 0 aromatic carbocycles. The van der Waals surface area contributed by atoms with Crippen molar-refractivity contribution in [1.29, 1.82) is 5.26 Å². The predicted octanol–water partition coefficient (Wildman–Crippen LogP) is 1.17. The van der Waals surface area contributed by atoms with Crippen LogP contribution in [0.3, 0.4) is 0 Å². The Morgan fingerprint density at radius 2 is 2.04 bits per heavy atom. The molecule has 3 rings (SSSR count). The van der Waals surface area contributed by atoms with Crippen LogP contribution >= 0.6 is 0 Å². The number of nitrogens with zero attached hydrogens (tertiary/aromatic N) is 5. The Hall–Kier alpha value is -2.20. The van der Waals surface area contributed by atoms with E-state index in [1.165, 1.54) is 19.0 Å². The highest BCUT2D eigenvalue weighted by atomic mass is 16.2. The minimum absolute atomic E-state index is 0.129. The summed E-state index contributed by atoms with van der Waals surface area (Å²) >= 11 is 0. The van der Waals surface area contributed by atoms with E-state index in [1.807, 2.05) is 0 Å². The van der Waals surface area contributed by atoms with Crippen molar-refractivity contribution in [3.05, 3.63) is 18.1 Å². The van der Waals surface area contributed by atoms with Gasteiger partial charge >= 0.3 is 0 Å². The fraction of sp³-hybridized carbons (Fsp3) is 0.667. The maximum Gasteiger partial charge on any atom is 0.234 e. The fourth-order valence-corrected chi connectivity index (χ4v) is 3.80. The number of piperazine rings is 1. The molecular weight excluding hydrogens is 316 g/mol. The zero-order valence-electron chi connectivity index (χ0n) is 14.8. The van der Waals surface area contributed by atoms with E-state index in [2.05, 4.69) is 38.1 Å². The molecule has 1 aromatic rings. The number of hydrogen-bond donors (Lipinski definition) is 1. The molecule has 1 N–H and O–H groups in total. The molecule has 0 spiro atoms. The number of nitriles is 1. The molecule has 7 nitrogen and oxygen atoms in total. The Kier molecular flexibility index (Phi) is 5.82. The number of anilines is 1. The monoisotopic (exact) mass is 342 g/mol. The minimum atomic E-state index is 0.129. The van der Waals surface area contributed by atoms with E-state index in [1.54, 1.807) is 6.20 Å². The van der Waals surface area contributed by atoms with Crippen molar-refractivity contribution in [1.82, 2.24) is 20.2 Å². The summed E-state index contributed by atoms with van der Waals surface area (Å²) in [6.45, 7) is 5.79. The SMILES string of the molecule is CC1CCCC(NC(=O)CN2CCN(c3nccnc3C#N)CC2)C1. The van der Waals surface area contributed by atoms with Crippen LogP contribution in [0.15, 0.2) is 12.4 Å². The number of amides is 1. The molecule has 134 valence electrons. The molecule has 2 aliphatic rings. The molecule has 1 amide bonds. The minimum Gasteiger partial charge on any atom is -0.352 e. The Morgan fingerprint density at radius 1 is 1.28 bits per heavy atom. The second-order valence-corrected chi connectivity index (χ2v) is 7.14. The third-order valence-electron chi connectivity index (χ3n) is 5.13. The van der Waals surface area contributed by atoms with Gasteiger partial charge in [-0.05, 0) is 18.8 Å². The molecule has 25 heavy (non-hydrogen) atoms. The molecule has 1 aliphatic carbocycles. The summed E-state index contributed by atoms with van der Waals surface area (Å²) in [5.41, 5.74) is 0.361. The van der Waals surface area contributed by atoms with Gasteiger partial charge < -0.3 is 10.2 Å². The molecule has 2 atom stereocenters. The number of carbonyl (C=O) groups is 1. The van der Waals surface area contributed by atoms with Gasteiger partial charge in [-0.15, -0.1) is 0 Å². The van der Waals surface area contributed by atoms with Crippen LogP contribution in [0.25, 0.3) is 0 Å². The first kappa shape index (κ1) is 17.6. The lowest BCUT2D eigenvalue weighted by Gasteiger charge is -2.35. The van der Waals surface area contributed by atoms with Gasteiger partial charge in [0.2, 0.25) is 5.91 Å². The van der Waals surface area contributed by atoms with Gasteiger partial charge in [-0.25, -0.2) is 9.97 Å². The van der Waals surface area contributed by atoms with Gasteiger partial charge in [0, 0.05) is 44.6 Å². The van der Waals surface area contributed by atoms with Crippen LogP contribution in [-0.4, -0.2) is 59.5 Å². The Labute approximate surface area is 149 Å². The molecule has 1 aromatic heterocycles. The summed E-state index contributed by atoms with van der Waals surface area (Å²) in [6.07, 6.45) is 7.85. The van der Waals surface area contributed by atoms with Crippen LogP contribution in [0.4, 0.5) is 5.82 Å². The molecular formula is C18H26N6O. The van der Waals surface area contributed by atoms with Crippen molar-refractivity contribution in [3.8, 4) is 6.07 Å². The molecule has 1 saturated carbocycles. The molecule has 2 heterocycles. The maximum atomic E-state index is 12.3. The van der Waals surface area contributed by atoms with Crippen LogP contribution in [0.5, 0.6) is 0 Å². The zero-order valence-corrected chi connectivity index (χ0v) is 14.8. The van der Waals surface area contributed by atoms with Crippen LogP contribution in [0.1, 0.15) is 38.3 Å². The number of carbonyl (C=O) groups excluding carboxylic acids is 1. The van der Waals surface area contributed by atoms with Gasteiger partial charge in [-0.1, -0.05) is 19.8 Å². The third kappa shape index (κ3) is 4.67. The lowest BCUT2D eigenvalue weighted by atomic mass is 9.87. The molecule has 2 unspecified atom stereocenters. The van der Waals surface area contributed by atoms with E-state index >= 15 is 0 Å². The average molecular weight is 342 g/mol. The lowest BCUT2D eigenvalue weighted by Crippen LogP contribution is -2.51. The van der Waals surface area contributed by atoms with Crippen LogP contribution < -0.4 is 10.2 Å². The molecule has 0 bridgehead atoms. The van der Waals surface area contributed by atoms with E-state index in [4.69, 9.17) is 5.26 Å². The number of rotatable bonds is 4. The largest absolute Gasteiger partial charge is 0.352 e. The van der Waals surface area contributed by atoms with Crippen LogP contribution in [0.2, 0.25) is 0 Å². The highest BCUT2D eigenvalue weighted by Gasteiger charge is 2.24. The molecule has 0 radical (unpaired) electrons. The van der Waals surface area contributed by atoms with E-state index in [0.29, 0.717) is 30.0 Å². The first-order valence-electron chi connectivity index (χ1n) is 9.13. The van der Waals surface area contributed by atoms with Gasteiger partial charge in [0.1, 0.15) is 6.07 Å². The van der Waals surface area contributed by atoms with Crippen molar-refractivity contribution in [3.63, 3.8) is 0 Å². The average Bonchev–Trinajstić information content (AvgIpc) is 2.62. The van der Waals surface area contributed by atoms with Crippen LogP contribution in [0, 0.1) is 17.2 Å². The van der Waals surface area contributed by atoms with Crippen molar-refractivity contribution < 1.29 is 4.79 Å². The quantitative estimate of drug-likeness (QED) is 0.884. The van der Waals surface area contributed by atoms with Gasteiger partial charge in [-0.3, -0.25) is 9.69 Å². The van der Waals surface area contributed by atoms with Crippen molar-refractivity contribution in [2.75, 3.05) is 37.6 Å². The van der Waals surface area contributed by atoms with Gasteiger partial charge in [0.15, 0.2) is 11.5 Å². The van der Waals surface area contributed by atoms with E-state index < -0.39 is 0 Å². The fourth-order valence-electron chi connectivity index (χ4n) is 3.80. The molecule has 2 fully saturated rings. The Bertz CT molecular complexity index is 635. The smallest absolute Gasteiger partial charge is 0.234 e. The van der Waals surface area contributed by atoms with Gasteiger partial charge in [0.25, 0.3) is 0 Å². The number of aromatic nitrogens is 2. The maximum absolute atomic E-state index is 12.3. The number of hydrogen-bond acceptors (Lipinski definition) is 6. The second-order valence-electron chi connectivity index (χ2n) is 7.14. The summed E-state index contributed by atoms with van der Waals surface area (Å²) in [4.78, 5) is 24.9. The van der Waals surface area contributed by atoms with E-state index in [0.717, 1.165) is 39.0 Å². The van der Waals surface area contributed by atoms with Gasteiger partial charge in [0.05, 0.1) is 6.54 Å². The van der Waals surface area contributed by atoms with E-state index in [-0.39, 0.29) is 5.91 Å².